The summed E-state index contributed by atoms with van der Waals surface area (Å²) in [6.07, 6.45) is 1.82. The summed E-state index contributed by atoms with van der Waals surface area (Å²) in [7, 11) is 3.81. The van der Waals surface area contributed by atoms with E-state index in [0.29, 0.717) is 5.92 Å². The van der Waals surface area contributed by atoms with E-state index in [1.807, 2.05) is 31.9 Å². The molecule has 0 amide bonds. The Morgan fingerprint density at radius 3 is 2.47 bits per heavy atom. The standard InChI is InChI=1S/C13H18IN5/c1-7(2)11-10(14)13(15-4)18-12(17-11)9-6-16-19(5)8(9)3/h6-7H,1-5H3,(H,15,17,18). The molecule has 0 spiro atoms. The van der Waals surface area contributed by atoms with E-state index in [4.69, 9.17) is 4.98 Å². The lowest BCUT2D eigenvalue weighted by Gasteiger charge is -2.13. The van der Waals surface area contributed by atoms with Crippen molar-refractivity contribution in [3.05, 3.63) is 21.2 Å². The summed E-state index contributed by atoms with van der Waals surface area (Å²) < 4.78 is 2.92. The number of anilines is 1. The Kier molecular flexibility index (Phi) is 4.07. The summed E-state index contributed by atoms with van der Waals surface area (Å²) in [6, 6.07) is 0. The van der Waals surface area contributed by atoms with Crippen molar-refractivity contribution in [1.29, 1.82) is 0 Å². The Labute approximate surface area is 127 Å². The zero-order chi connectivity index (χ0) is 14.2. The topological polar surface area (TPSA) is 55.6 Å². The molecule has 0 saturated heterocycles. The van der Waals surface area contributed by atoms with Gasteiger partial charge < -0.3 is 5.32 Å². The Morgan fingerprint density at radius 1 is 1.32 bits per heavy atom. The molecule has 2 aromatic heterocycles. The van der Waals surface area contributed by atoms with Gasteiger partial charge in [0.2, 0.25) is 0 Å². The van der Waals surface area contributed by atoms with Gasteiger partial charge in [-0.1, -0.05) is 13.8 Å². The third-order valence-corrected chi connectivity index (χ3v) is 4.20. The molecule has 102 valence electrons. The number of aryl methyl sites for hydroxylation is 1. The fraction of sp³-hybridized carbons (Fsp3) is 0.462. The van der Waals surface area contributed by atoms with Gasteiger partial charge >= 0.3 is 0 Å². The largest absolute Gasteiger partial charge is 0.372 e. The summed E-state index contributed by atoms with van der Waals surface area (Å²) in [6.45, 7) is 6.31. The molecule has 0 unspecified atom stereocenters. The molecule has 0 radical (unpaired) electrons. The van der Waals surface area contributed by atoms with Crippen LogP contribution in [0.3, 0.4) is 0 Å². The van der Waals surface area contributed by atoms with Crippen LogP contribution in [-0.4, -0.2) is 26.8 Å². The minimum Gasteiger partial charge on any atom is -0.372 e. The van der Waals surface area contributed by atoms with E-state index in [-0.39, 0.29) is 0 Å². The normalized spacial score (nSPS) is 11.1. The van der Waals surface area contributed by atoms with Crippen LogP contribution in [0.5, 0.6) is 0 Å². The lowest BCUT2D eigenvalue weighted by atomic mass is 10.1. The Hall–Kier alpha value is -1.18. The maximum Gasteiger partial charge on any atom is 0.165 e. The zero-order valence-corrected chi connectivity index (χ0v) is 14.0. The van der Waals surface area contributed by atoms with E-state index in [0.717, 1.165) is 32.2 Å². The van der Waals surface area contributed by atoms with Gasteiger partial charge in [0, 0.05) is 19.8 Å². The van der Waals surface area contributed by atoms with Crippen molar-refractivity contribution in [2.75, 3.05) is 12.4 Å². The zero-order valence-electron chi connectivity index (χ0n) is 11.8. The van der Waals surface area contributed by atoms with Crippen molar-refractivity contribution in [2.45, 2.75) is 26.7 Å². The molecular formula is C13H18IN5. The number of nitrogens with zero attached hydrogens (tertiary/aromatic N) is 4. The van der Waals surface area contributed by atoms with E-state index < -0.39 is 0 Å². The van der Waals surface area contributed by atoms with Crippen LogP contribution >= 0.6 is 22.6 Å². The lowest BCUT2D eigenvalue weighted by Crippen LogP contribution is -2.07. The Morgan fingerprint density at radius 2 is 2.00 bits per heavy atom. The number of rotatable bonds is 3. The minimum absolute atomic E-state index is 0.359. The predicted octanol–water partition coefficient (Wildman–Crippen LogP) is 2.96. The molecule has 1 N–H and O–H groups in total. The molecule has 0 aliphatic carbocycles. The van der Waals surface area contributed by atoms with Crippen molar-refractivity contribution in [1.82, 2.24) is 19.7 Å². The predicted molar refractivity (Wildman–Crippen MR) is 85.3 cm³/mol. The van der Waals surface area contributed by atoms with Gasteiger partial charge in [0.05, 0.1) is 21.0 Å². The van der Waals surface area contributed by atoms with Crippen LogP contribution in [0.25, 0.3) is 11.4 Å². The van der Waals surface area contributed by atoms with Gasteiger partial charge in [0.1, 0.15) is 5.82 Å². The highest BCUT2D eigenvalue weighted by Gasteiger charge is 2.17. The fourth-order valence-corrected chi connectivity index (χ4v) is 2.99. The van der Waals surface area contributed by atoms with Gasteiger partial charge in [0.25, 0.3) is 0 Å². The second kappa shape index (κ2) is 5.44. The Balaban J connectivity index is 2.64. The van der Waals surface area contributed by atoms with Gasteiger partial charge in [-0.2, -0.15) is 5.10 Å². The first kappa shape index (κ1) is 14.2. The molecule has 2 heterocycles. The smallest absolute Gasteiger partial charge is 0.165 e. The SMILES string of the molecule is CNc1nc(-c2cnn(C)c2C)nc(C(C)C)c1I. The number of hydrogen-bond acceptors (Lipinski definition) is 4. The van der Waals surface area contributed by atoms with Crippen LogP contribution in [0.2, 0.25) is 0 Å². The lowest BCUT2D eigenvalue weighted by molar-refractivity contribution is 0.740. The Bertz CT molecular complexity index is 603. The molecule has 0 bridgehead atoms. The van der Waals surface area contributed by atoms with Crippen molar-refractivity contribution >= 4 is 28.4 Å². The van der Waals surface area contributed by atoms with Gasteiger partial charge in [-0.15, -0.1) is 0 Å². The highest BCUT2D eigenvalue weighted by Crippen LogP contribution is 2.29. The molecule has 19 heavy (non-hydrogen) atoms. The van der Waals surface area contributed by atoms with Crippen molar-refractivity contribution < 1.29 is 0 Å². The molecule has 0 atom stereocenters. The molecule has 2 aromatic rings. The average molecular weight is 371 g/mol. The van der Waals surface area contributed by atoms with Crippen LogP contribution in [0.15, 0.2) is 6.20 Å². The van der Waals surface area contributed by atoms with Crippen LogP contribution < -0.4 is 5.32 Å². The van der Waals surface area contributed by atoms with Crippen LogP contribution in [0.4, 0.5) is 5.82 Å². The summed E-state index contributed by atoms with van der Waals surface area (Å²) in [4.78, 5) is 9.31. The highest BCUT2D eigenvalue weighted by molar-refractivity contribution is 14.1. The maximum absolute atomic E-state index is 4.71. The first-order chi connectivity index (χ1) is 8.95. The summed E-state index contributed by atoms with van der Waals surface area (Å²) in [5.41, 5.74) is 3.12. The fourth-order valence-electron chi connectivity index (χ4n) is 1.85. The molecule has 6 heteroatoms. The number of nitrogens with one attached hydrogen (secondary N) is 1. The van der Waals surface area contributed by atoms with Crippen molar-refractivity contribution in [3.8, 4) is 11.4 Å². The number of aromatic nitrogens is 4. The second-order valence-electron chi connectivity index (χ2n) is 4.77. The van der Waals surface area contributed by atoms with Gasteiger partial charge in [-0.25, -0.2) is 9.97 Å². The molecular weight excluding hydrogens is 353 g/mol. The van der Waals surface area contributed by atoms with Crippen LogP contribution in [0, 0.1) is 10.5 Å². The number of halogens is 1. The van der Waals surface area contributed by atoms with Crippen LogP contribution in [0.1, 0.15) is 31.2 Å². The van der Waals surface area contributed by atoms with E-state index in [1.165, 1.54) is 0 Å². The van der Waals surface area contributed by atoms with E-state index in [1.54, 1.807) is 0 Å². The molecule has 0 aliphatic rings. The summed E-state index contributed by atoms with van der Waals surface area (Å²) in [5, 5.41) is 7.40. The van der Waals surface area contributed by atoms with Gasteiger partial charge in [0.15, 0.2) is 5.82 Å². The molecule has 5 nitrogen and oxygen atoms in total. The van der Waals surface area contributed by atoms with Gasteiger partial charge in [-0.3, -0.25) is 4.68 Å². The quantitative estimate of drug-likeness (QED) is 0.843. The first-order valence-electron chi connectivity index (χ1n) is 6.19. The number of hydrogen-bond donors (Lipinski definition) is 1. The monoisotopic (exact) mass is 371 g/mol. The van der Waals surface area contributed by atoms with E-state index >= 15 is 0 Å². The van der Waals surface area contributed by atoms with Crippen LogP contribution in [-0.2, 0) is 7.05 Å². The summed E-state index contributed by atoms with van der Waals surface area (Å²) in [5.74, 6) is 1.97. The first-order valence-corrected chi connectivity index (χ1v) is 7.27. The molecule has 0 saturated carbocycles. The summed E-state index contributed by atoms with van der Waals surface area (Å²) >= 11 is 2.30. The third-order valence-electron chi connectivity index (χ3n) is 3.14. The highest BCUT2D eigenvalue weighted by atomic mass is 127. The average Bonchev–Trinajstić information content (AvgIpc) is 2.70. The minimum atomic E-state index is 0.359. The third kappa shape index (κ3) is 2.58. The second-order valence-corrected chi connectivity index (χ2v) is 5.85. The molecule has 0 aromatic carbocycles. The van der Waals surface area contributed by atoms with Crippen molar-refractivity contribution in [3.63, 3.8) is 0 Å². The van der Waals surface area contributed by atoms with Gasteiger partial charge in [-0.05, 0) is 35.4 Å². The molecule has 2 rings (SSSR count). The van der Waals surface area contributed by atoms with E-state index in [9.17, 15) is 0 Å². The maximum atomic E-state index is 4.71. The molecule has 0 fully saturated rings. The molecule has 0 aliphatic heterocycles. The van der Waals surface area contributed by atoms with Crippen molar-refractivity contribution in [2.24, 2.45) is 7.05 Å². The van der Waals surface area contributed by atoms with E-state index in [2.05, 4.69) is 51.8 Å².